The molecule has 1 saturated carbocycles. The molecule has 4 heteroatoms. The summed E-state index contributed by atoms with van der Waals surface area (Å²) in [6.45, 7) is 1.99. The molecule has 1 aromatic carbocycles. The predicted octanol–water partition coefficient (Wildman–Crippen LogP) is 1.97. The van der Waals surface area contributed by atoms with Gasteiger partial charge in [-0.25, -0.2) is 0 Å². The maximum Gasteiger partial charge on any atom is 0.269 e. The lowest BCUT2D eigenvalue weighted by Gasteiger charge is -2.19. The first kappa shape index (κ1) is 10.1. The zero-order valence-corrected chi connectivity index (χ0v) is 8.64. The largest absolute Gasteiger partial charge is 0.327 e. The molecule has 0 saturated heterocycles. The molecule has 0 heterocycles. The quantitative estimate of drug-likeness (QED) is 0.607. The van der Waals surface area contributed by atoms with E-state index in [9.17, 15) is 10.1 Å². The van der Waals surface area contributed by atoms with Crippen LogP contribution in [0.1, 0.15) is 25.3 Å². The Morgan fingerprint density at radius 2 is 1.93 bits per heavy atom. The van der Waals surface area contributed by atoms with Gasteiger partial charge in [-0.3, -0.25) is 10.1 Å². The lowest BCUT2D eigenvalue weighted by Crippen LogP contribution is -2.31. The number of nitro benzene ring substituents is 1. The first-order valence-electron chi connectivity index (χ1n) is 5.07. The molecule has 0 radical (unpaired) electrons. The Hall–Kier alpha value is -1.42. The third kappa shape index (κ3) is 1.61. The molecule has 0 spiro atoms. The van der Waals surface area contributed by atoms with Gasteiger partial charge >= 0.3 is 0 Å². The minimum absolute atomic E-state index is 0.0785. The molecule has 2 N–H and O–H groups in total. The van der Waals surface area contributed by atoms with Crippen LogP contribution in [0, 0.1) is 10.1 Å². The van der Waals surface area contributed by atoms with Gasteiger partial charge in [-0.05, 0) is 25.3 Å². The van der Waals surface area contributed by atoms with E-state index in [2.05, 4.69) is 0 Å². The molecule has 0 aliphatic heterocycles. The Labute approximate surface area is 88.2 Å². The first-order chi connectivity index (χ1) is 7.06. The van der Waals surface area contributed by atoms with Crippen LogP contribution in [0.4, 0.5) is 5.69 Å². The molecule has 0 bridgehead atoms. The molecular weight excluding hydrogens is 192 g/mol. The van der Waals surface area contributed by atoms with E-state index >= 15 is 0 Å². The maximum atomic E-state index is 10.5. The number of hydrogen-bond donors (Lipinski definition) is 1. The Bertz CT molecular complexity index is 380. The normalized spacial score (nSPS) is 19.6. The van der Waals surface area contributed by atoms with E-state index in [4.69, 9.17) is 5.73 Å². The van der Waals surface area contributed by atoms with Crippen molar-refractivity contribution in [3.8, 4) is 0 Å². The van der Waals surface area contributed by atoms with Crippen LogP contribution in [0.2, 0.25) is 0 Å². The van der Waals surface area contributed by atoms with Gasteiger partial charge in [-0.1, -0.05) is 12.1 Å². The van der Waals surface area contributed by atoms with E-state index in [1.54, 1.807) is 12.1 Å². The summed E-state index contributed by atoms with van der Waals surface area (Å²) in [6, 6.07) is 6.87. The number of hydrogen-bond acceptors (Lipinski definition) is 3. The minimum atomic E-state index is -0.380. The second kappa shape index (κ2) is 3.31. The molecule has 1 aliphatic carbocycles. The highest BCUT2D eigenvalue weighted by atomic mass is 16.6. The van der Waals surface area contributed by atoms with Crippen molar-refractivity contribution in [1.82, 2.24) is 0 Å². The van der Waals surface area contributed by atoms with Gasteiger partial charge in [0.2, 0.25) is 0 Å². The molecule has 80 valence electrons. The second-order valence-corrected chi connectivity index (χ2v) is 4.25. The molecule has 0 amide bonds. The van der Waals surface area contributed by atoms with Crippen LogP contribution in [0.15, 0.2) is 24.3 Å². The average molecular weight is 206 g/mol. The van der Waals surface area contributed by atoms with Crippen molar-refractivity contribution in [2.45, 2.75) is 31.2 Å². The lowest BCUT2D eigenvalue weighted by atomic mass is 9.89. The van der Waals surface area contributed by atoms with Crippen LogP contribution in [0.25, 0.3) is 0 Å². The topological polar surface area (TPSA) is 69.2 Å². The SMILES string of the molecule is CC(N)C1(c2ccc([N+](=O)[O-])cc2)CC1. The average Bonchev–Trinajstić information content (AvgIpc) is 2.98. The summed E-state index contributed by atoms with van der Waals surface area (Å²) in [5.41, 5.74) is 7.27. The van der Waals surface area contributed by atoms with E-state index in [0.29, 0.717) is 0 Å². The highest BCUT2D eigenvalue weighted by molar-refractivity contribution is 5.40. The molecule has 0 aromatic heterocycles. The summed E-state index contributed by atoms with van der Waals surface area (Å²) < 4.78 is 0. The van der Waals surface area contributed by atoms with Crippen molar-refractivity contribution in [3.05, 3.63) is 39.9 Å². The van der Waals surface area contributed by atoms with E-state index in [0.717, 1.165) is 18.4 Å². The molecule has 1 atom stereocenters. The predicted molar refractivity (Wildman–Crippen MR) is 57.7 cm³/mol. The van der Waals surface area contributed by atoms with Crippen molar-refractivity contribution < 1.29 is 4.92 Å². The van der Waals surface area contributed by atoms with Gasteiger partial charge in [0, 0.05) is 23.6 Å². The van der Waals surface area contributed by atoms with E-state index in [1.807, 2.05) is 19.1 Å². The number of rotatable bonds is 3. The van der Waals surface area contributed by atoms with Gasteiger partial charge < -0.3 is 5.73 Å². The highest BCUT2D eigenvalue weighted by Crippen LogP contribution is 2.50. The number of nitrogens with two attached hydrogens (primary N) is 1. The third-order valence-electron chi connectivity index (χ3n) is 3.31. The molecule has 15 heavy (non-hydrogen) atoms. The number of nitro groups is 1. The summed E-state index contributed by atoms with van der Waals surface area (Å²) in [5, 5.41) is 10.5. The van der Waals surface area contributed by atoms with E-state index in [-0.39, 0.29) is 22.1 Å². The zero-order chi connectivity index (χ0) is 11.1. The van der Waals surface area contributed by atoms with Gasteiger partial charge in [0.1, 0.15) is 0 Å². The van der Waals surface area contributed by atoms with Crippen LogP contribution in [-0.4, -0.2) is 11.0 Å². The highest BCUT2D eigenvalue weighted by Gasteiger charge is 2.47. The standard InChI is InChI=1S/C11H14N2O2/c1-8(12)11(6-7-11)9-2-4-10(5-3-9)13(14)15/h2-5,8H,6-7,12H2,1H3. The molecule has 1 fully saturated rings. The second-order valence-electron chi connectivity index (χ2n) is 4.25. The monoisotopic (exact) mass is 206 g/mol. The van der Waals surface area contributed by atoms with Crippen molar-refractivity contribution in [2.75, 3.05) is 0 Å². The van der Waals surface area contributed by atoms with E-state index in [1.165, 1.54) is 0 Å². The van der Waals surface area contributed by atoms with Crippen LogP contribution in [0.3, 0.4) is 0 Å². The number of nitrogens with zero attached hydrogens (tertiary/aromatic N) is 1. The summed E-state index contributed by atoms with van der Waals surface area (Å²) >= 11 is 0. The fraction of sp³-hybridized carbons (Fsp3) is 0.455. The third-order valence-corrected chi connectivity index (χ3v) is 3.31. The molecule has 4 nitrogen and oxygen atoms in total. The molecule has 2 rings (SSSR count). The van der Waals surface area contributed by atoms with Crippen LogP contribution in [-0.2, 0) is 5.41 Å². The Morgan fingerprint density at radius 3 is 2.27 bits per heavy atom. The zero-order valence-electron chi connectivity index (χ0n) is 8.64. The van der Waals surface area contributed by atoms with Crippen molar-refractivity contribution in [2.24, 2.45) is 5.73 Å². The number of non-ortho nitro benzene ring substituents is 1. The minimum Gasteiger partial charge on any atom is -0.327 e. The lowest BCUT2D eigenvalue weighted by molar-refractivity contribution is -0.384. The summed E-state index contributed by atoms with van der Waals surface area (Å²) in [4.78, 5) is 10.1. The van der Waals surface area contributed by atoms with Crippen LogP contribution >= 0.6 is 0 Å². The van der Waals surface area contributed by atoms with Gasteiger partial charge in [0.05, 0.1) is 4.92 Å². The smallest absolute Gasteiger partial charge is 0.269 e. The molecule has 1 unspecified atom stereocenters. The Balaban J connectivity index is 2.28. The van der Waals surface area contributed by atoms with Crippen LogP contribution in [0.5, 0.6) is 0 Å². The van der Waals surface area contributed by atoms with Crippen LogP contribution < -0.4 is 5.73 Å². The fourth-order valence-electron chi connectivity index (χ4n) is 2.06. The van der Waals surface area contributed by atoms with Crippen molar-refractivity contribution in [3.63, 3.8) is 0 Å². The van der Waals surface area contributed by atoms with Gasteiger partial charge in [0.15, 0.2) is 0 Å². The molecule has 1 aromatic rings. The number of benzene rings is 1. The summed E-state index contributed by atoms with van der Waals surface area (Å²) in [7, 11) is 0. The van der Waals surface area contributed by atoms with Gasteiger partial charge in [0.25, 0.3) is 5.69 Å². The van der Waals surface area contributed by atoms with E-state index < -0.39 is 0 Å². The molecule has 1 aliphatic rings. The first-order valence-corrected chi connectivity index (χ1v) is 5.07. The molecular formula is C11H14N2O2. The van der Waals surface area contributed by atoms with Crippen molar-refractivity contribution in [1.29, 1.82) is 0 Å². The van der Waals surface area contributed by atoms with Gasteiger partial charge in [-0.2, -0.15) is 0 Å². The Morgan fingerprint density at radius 1 is 1.40 bits per heavy atom. The fourth-order valence-corrected chi connectivity index (χ4v) is 2.06. The maximum absolute atomic E-state index is 10.5. The van der Waals surface area contributed by atoms with Gasteiger partial charge in [-0.15, -0.1) is 0 Å². The summed E-state index contributed by atoms with van der Waals surface area (Å²) in [5.74, 6) is 0. The van der Waals surface area contributed by atoms with Crippen molar-refractivity contribution >= 4 is 5.69 Å². The summed E-state index contributed by atoms with van der Waals surface area (Å²) in [6.07, 6.45) is 2.17. The Kier molecular flexibility index (Phi) is 2.23.